The van der Waals surface area contributed by atoms with E-state index < -0.39 is 11.2 Å². The fourth-order valence-corrected chi connectivity index (χ4v) is 3.20. The summed E-state index contributed by atoms with van der Waals surface area (Å²) < 4.78 is 15.7. The second-order valence-electron chi connectivity index (χ2n) is 11.3. The molecule has 45 heavy (non-hydrogen) atoms. The molecule has 10 nitrogen and oxygen atoms in total. The Morgan fingerprint density at radius 2 is 1.07 bits per heavy atom. The summed E-state index contributed by atoms with van der Waals surface area (Å²) in [6.45, 7) is 13.9. The molecule has 0 bridgehead atoms. The molecular weight excluding hydrogens is 604 g/mol. The molecule has 252 valence electrons. The molecule has 2 unspecified atom stereocenters. The predicted octanol–water partition coefficient (Wildman–Crippen LogP) is 5.42. The Balaban J connectivity index is 0.000000733. The Kier molecular flexibility index (Phi) is 19.1. The average Bonchev–Trinajstić information content (AvgIpc) is 3.00. The van der Waals surface area contributed by atoms with Gasteiger partial charge >= 0.3 is 5.97 Å². The van der Waals surface area contributed by atoms with Crippen LogP contribution in [0.1, 0.15) is 88.9 Å². The Morgan fingerprint density at radius 1 is 0.689 bits per heavy atom. The molecule has 2 aromatic rings. The average molecular weight is 653 g/mol. The summed E-state index contributed by atoms with van der Waals surface area (Å²) in [6, 6.07) is 12.9. The van der Waals surface area contributed by atoms with Gasteiger partial charge in [0.2, 0.25) is 5.24 Å². The molecule has 0 aliphatic carbocycles. The molecule has 2 rings (SSSR count). The van der Waals surface area contributed by atoms with E-state index in [1.54, 1.807) is 48.5 Å². The van der Waals surface area contributed by atoms with Crippen LogP contribution in [0.2, 0.25) is 0 Å². The van der Waals surface area contributed by atoms with Gasteiger partial charge in [-0.3, -0.25) is 19.2 Å². The first-order chi connectivity index (χ1) is 20.9. The third kappa shape index (κ3) is 17.1. The van der Waals surface area contributed by atoms with Crippen LogP contribution < -0.4 is 9.47 Å². The molecule has 0 aromatic heterocycles. The number of ether oxygens (including phenoxy) is 3. The van der Waals surface area contributed by atoms with Crippen LogP contribution in [-0.4, -0.2) is 75.7 Å². The fraction of sp³-hybridized carbons (Fsp3) is 0.529. The van der Waals surface area contributed by atoms with E-state index in [1.165, 1.54) is 27.7 Å². The molecule has 0 spiro atoms. The first kappa shape index (κ1) is 41.7. The zero-order valence-corrected chi connectivity index (χ0v) is 28.3. The molecular formula is C34H49ClO10. The fourth-order valence-electron chi connectivity index (χ4n) is 3.05. The minimum Gasteiger partial charge on any atom is -0.491 e. The highest BCUT2D eigenvalue weighted by molar-refractivity contribution is 6.63. The Hall–Kier alpha value is -3.31. The predicted molar refractivity (Wildman–Crippen MR) is 173 cm³/mol. The lowest BCUT2D eigenvalue weighted by atomic mass is 9.97. The Labute approximate surface area is 271 Å². The monoisotopic (exact) mass is 652 g/mol. The second kappa shape index (κ2) is 20.7. The van der Waals surface area contributed by atoms with Crippen molar-refractivity contribution in [2.75, 3.05) is 26.4 Å². The minimum atomic E-state index is -1.40. The number of hydrogen-bond acceptors (Lipinski definition) is 10. The lowest BCUT2D eigenvalue weighted by Crippen LogP contribution is -2.30. The number of carbonyl (C=O) groups excluding carboxylic acids is 4. The summed E-state index contributed by atoms with van der Waals surface area (Å²) in [5.74, 6) is 0.182. The van der Waals surface area contributed by atoms with Gasteiger partial charge in [0.15, 0.2) is 11.6 Å². The Bertz CT molecular complexity index is 1180. The number of aliphatic hydroxyl groups excluding tert-OH is 1. The number of esters is 1. The number of rotatable bonds is 15. The van der Waals surface area contributed by atoms with Crippen molar-refractivity contribution >= 4 is 34.4 Å². The van der Waals surface area contributed by atoms with E-state index in [0.717, 1.165) is 12.8 Å². The number of halogens is 1. The van der Waals surface area contributed by atoms with Crippen molar-refractivity contribution < 1.29 is 48.7 Å². The van der Waals surface area contributed by atoms with Gasteiger partial charge in [0.1, 0.15) is 42.5 Å². The van der Waals surface area contributed by atoms with Gasteiger partial charge in [-0.15, -0.1) is 0 Å². The van der Waals surface area contributed by atoms with Crippen molar-refractivity contribution in [2.45, 2.75) is 79.4 Å². The first-order valence-electron chi connectivity index (χ1n) is 14.9. The van der Waals surface area contributed by atoms with Gasteiger partial charge in [-0.2, -0.15) is 0 Å². The molecule has 2 aromatic carbocycles. The summed E-state index contributed by atoms with van der Waals surface area (Å²) in [5, 5.41) is 27.5. The highest BCUT2D eigenvalue weighted by Crippen LogP contribution is 2.18. The molecule has 0 aliphatic heterocycles. The third-order valence-corrected chi connectivity index (χ3v) is 6.69. The van der Waals surface area contributed by atoms with Crippen LogP contribution in [0.5, 0.6) is 11.5 Å². The van der Waals surface area contributed by atoms with Gasteiger partial charge in [-0.05, 0) is 101 Å². The van der Waals surface area contributed by atoms with Crippen molar-refractivity contribution in [3.63, 3.8) is 0 Å². The van der Waals surface area contributed by atoms with E-state index in [-0.39, 0.29) is 61.0 Å². The van der Waals surface area contributed by atoms with Crippen molar-refractivity contribution in [2.24, 2.45) is 11.8 Å². The number of carbonyl (C=O) groups is 4. The number of aliphatic hydroxyl groups is 3. The molecule has 0 heterocycles. The number of hydrogen-bond donors (Lipinski definition) is 3. The maximum absolute atomic E-state index is 11.9. The maximum Gasteiger partial charge on any atom is 0.308 e. The molecule has 3 N–H and O–H groups in total. The van der Waals surface area contributed by atoms with Crippen LogP contribution in [0.25, 0.3) is 0 Å². The smallest absolute Gasteiger partial charge is 0.308 e. The molecule has 0 radical (unpaired) electrons. The molecule has 0 saturated carbocycles. The van der Waals surface area contributed by atoms with E-state index >= 15 is 0 Å². The van der Waals surface area contributed by atoms with E-state index in [4.69, 9.17) is 30.9 Å². The lowest BCUT2D eigenvalue weighted by Gasteiger charge is -2.15. The number of benzene rings is 2. The maximum atomic E-state index is 11.9. The van der Waals surface area contributed by atoms with Crippen LogP contribution in [0.15, 0.2) is 48.5 Å². The summed E-state index contributed by atoms with van der Waals surface area (Å²) in [6.07, 6.45) is 1.58. The van der Waals surface area contributed by atoms with Gasteiger partial charge in [-0.1, -0.05) is 27.7 Å². The van der Waals surface area contributed by atoms with Crippen molar-refractivity contribution in [1.29, 1.82) is 0 Å². The number of ketones is 2. The summed E-state index contributed by atoms with van der Waals surface area (Å²) in [4.78, 5) is 45.1. The van der Waals surface area contributed by atoms with Crippen LogP contribution in [0.4, 0.5) is 0 Å². The first-order valence-corrected chi connectivity index (χ1v) is 15.2. The molecule has 11 heteroatoms. The van der Waals surface area contributed by atoms with E-state index in [9.17, 15) is 29.4 Å². The zero-order chi connectivity index (χ0) is 34.8. The normalized spacial score (nSPS) is 12.3. The minimum absolute atomic E-state index is 0.0293. The molecule has 0 fully saturated rings. The van der Waals surface area contributed by atoms with Crippen molar-refractivity contribution in [1.82, 2.24) is 0 Å². The molecule has 0 aliphatic rings. The number of Topliss-reactive ketones (excluding diaryl/α,β-unsaturated/α-hetero) is 2. The summed E-state index contributed by atoms with van der Waals surface area (Å²) >= 11 is 5.09. The standard InChI is InChI=1S/C17H24O5.C12H16O4.C5H9ClO/c1-5-12(2)16(19)22-11-10-21-14-8-6-13(7-9-14)15(18)17(3,4)20;1-12(2,15)11(14)9-3-5-10(6-4-9)16-8-7-13;1-3-4(2)5(6)7/h6-9,12,20H,5,10-11H2,1-4H3;3-6,13,15H,7-8H2,1-2H3;4H,3H2,1-2H3. The molecule has 2 atom stereocenters. The van der Waals surface area contributed by atoms with Gasteiger partial charge in [-0.25, -0.2) is 0 Å². The highest BCUT2D eigenvalue weighted by Gasteiger charge is 2.25. The van der Waals surface area contributed by atoms with E-state index in [0.29, 0.717) is 22.6 Å². The van der Waals surface area contributed by atoms with Crippen LogP contribution in [-0.2, 0) is 14.3 Å². The summed E-state index contributed by atoms with van der Waals surface area (Å²) in [7, 11) is 0. The van der Waals surface area contributed by atoms with Crippen LogP contribution in [0, 0.1) is 11.8 Å². The third-order valence-electron chi connectivity index (χ3n) is 6.32. The van der Waals surface area contributed by atoms with Gasteiger partial charge in [0.25, 0.3) is 0 Å². The van der Waals surface area contributed by atoms with Crippen LogP contribution >= 0.6 is 11.6 Å². The largest absolute Gasteiger partial charge is 0.491 e. The summed E-state index contributed by atoms with van der Waals surface area (Å²) in [5.41, 5.74) is -1.91. The van der Waals surface area contributed by atoms with E-state index in [1.807, 2.05) is 27.7 Å². The Morgan fingerprint density at radius 3 is 1.36 bits per heavy atom. The van der Waals surface area contributed by atoms with Crippen molar-refractivity contribution in [3.05, 3.63) is 59.7 Å². The molecule has 0 amide bonds. The highest BCUT2D eigenvalue weighted by atomic mass is 35.5. The van der Waals surface area contributed by atoms with Gasteiger partial charge in [0, 0.05) is 17.0 Å². The topological polar surface area (TPSA) is 157 Å². The zero-order valence-electron chi connectivity index (χ0n) is 27.6. The quantitative estimate of drug-likeness (QED) is 0.0982. The lowest BCUT2D eigenvalue weighted by molar-refractivity contribution is -0.148. The second-order valence-corrected chi connectivity index (χ2v) is 11.7. The van der Waals surface area contributed by atoms with Crippen LogP contribution in [0.3, 0.4) is 0 Å². The SMILES string of the molecule is CC(C)(O)C(=O)c1ccc(OCCO)cc1.CCC(C)C(=O)Cl.CCC(C)C(=O)OCCOc1ccc(C(=O)C(C)(C)O)cc1. The van der Waals surface area contributed by atoms with Gasteiger partial charge in [0.05, 0.1) is 12.5 Å². The van der Waals surface area contributed by atoms with E-state index in [2.05, 4.69) is 0 Å². The van der Waals surface area contributed by atoms with Gasteiger partial charge < -0.3 is 29.5 Å². The molecule has 0 saturated heterocycles. The van der Waals surface area contributed by atoms with Crippen molar-refractivity contribution in [3.8, 4) is 11.5 Å².